The molecule has 3 heterocycles. The molecule has 2 aromatic heterocycles. The van der Waals surface area contributed by atoms with Gasteiger partial charge in [-0.25, -0.2) is 9.97 Å². The Kier molecular flexibility index (Phi) is 5.22. The number of benzene rings is 1. The summed E-state index contributed by atoms with van der Waals surface area (Å²) in [4.78, 5) is 23.2. The van der Waals surface area contributed by atoms with Gasteiger partial charge in [0.1, 0.15) is 11.3 Å². The zero-order chi connectivity index (χ0) is 20.4. The van der Waals surface area contributed by atoms with Gasteiger partial charge in [-0.2, -0.15) is 5.10 Å². The van der Waals surface area contributed by atoms with Crippen molar-refractivity contribution in [1.82, 2.24) is 25.1 Å². The minimum atomic E-state index is -0.0340. The first-order valence-electron chi connectivity index (χ1n) is 10.1. The molecule has 3 aromatic rings. The van der Waals surface area contributed by atoms with Gasteiger partial charge >= 0.3 is 0 Å². The SMILES string of the molecule is CC(C)(C)c1ccccc1OCC(=O)N1CCC(c2[nH]nc3nccnc23)CC1. The molecule has 1 fully saturated rings. The van der Waals surface area contributed by atoms with Crippen LogP contribution in [0.4, 0.5) is 0 Å². The number of aromatic nitrogens is 4. The second-order valence-corrected chi connectivity index (χ2v) is 8.56. The number of nitrogens with zero attached hydrogens (tertiary/aromatic N) is 4. The van der Waals surface area contributed by atoms with Crippen LogP contribution in [0.25, 0.3) is 11.2 Å². The number of hydrogen-bond donors (Lipinski definition) is 1. The molecule has 1 aromatic carbocycles. The van der Waals surface area contributed by atoms with Crippen molar-refractivity contribution in [3.05, 3.63) is 47.9 Å². The van der Waals surface area contributed by atoms with Gasteiger partial charge in [0.2, 0.25) is 0 Å². The van der Waals surface area contributed by atoms with Crippen molar-refractivity contribution >= 4 is 17.1 Å². The maximum absolute atomic E-state index is 12.7. The van der Waals surface area contributed by atoms with Crippen LogP contribution in [0.5, 0.6) is 5.75 Å². The quantitative estimate of drug-likeness (QED) is 0.734. The van der Waals surface area contributed by atoms with Crippen LogP contribution in [0.15, 0.2) is 36.7 Å². The van der Waals surface area contributed by atoms with Gasteiger partial charge in [-0.15, -0.1) is 0 Å². The summed E-state index contributed by atoms with van der Waals surface area (Å²) in [5.41, 5.74) is 3.58. The summed E-state index contributed by atoms with van der Waals surface area (Å²) in [6.45, 7) is 7.90. The second-order valence-electron chi connectivity index (χ2n) is 8.56. The smallest absolute Gasteiger partial charge is 0.260 e. The van der Waals surface area contributed by atoms with Crippen molar-refractivity contribution in [3.63, 3.8) is 0 Å². The average molecular weight is 393 g/mol. The van der Waals surface area contributed by atoms with Crippen molar-refractivity contribution in [3.8, 4) is 5.75 Å². The topological polar surface area (TPSA) is 84.0 Å². The van der Waals surface area contributed by atoms with E-state index >= 15 is 0 Å². The summed E-state index contributed by atoms with van der Waals surface area (Å²) >= 11 is 0. The Morgan fingerprint density at radius 3 is 2.66 bits per heavy atom. The van der Waals surface area contributed by atoms with Gasteiger partial charge < -0.3 is 9.64 Å². The number of para-hydroxylation sites is 1. The van der Waals surface area contributed by atoms with Crippen LogP contribution in [0.3, 0.4) is 0 Å². The molecule has 1 aliphatic heterocycles. The number of fused-ring (bicyclic) bond motifs is 1. The number of rotatable bonds is 4. The van der Waals surface area contributed by atoms with E-state index in [1.165, 1.54) is 0 Å². The Labute approximate surface area is 170 Å². The maximum Gasteiger partial charge on any atom is 0.260 e. The first-order chi connectivity index (χ1) is 13.9. The molecule has 4 rings (SSSR count). The van der Waals surface area contributed by atoms with E-state index in [-0.39, 0.29) is 17.9 Å². The van der Waals surface area contributed by atoms with Crippen molar-refractivity contribution in [2.75, 3.05) is 19.7 Å². The summed E-state index contributed by atoms with van der Waals surface area (Å²) in [7, 11) is 0. The monoisotopic (exact) mass is 393 g/mol. The summed E-state index contributed by atoms with van der Waals surface area (Å²) in [6, 6.07) is 7.94. The largest absolute Gasteiger partial charge is 0.483 e. The fraction of sp³-hybridized carbons (Fsp3) is 0.455. The van der Waals surface area contributed by atoms with Gasteiger partial charge in [-0.05, 0) is 29.9 Å². The zero-order valence-corrected chi connectivity index (χ0v) is 17.2. The van der Waals surface area contributed by atoms with Crippen LogP contribution in [0.1, 0.15) is 50.8 Å². The second kappa shape index (κ2) is 7.81. The molecule has 7 heteroatoms. The van der Waals surface area contributed by atoms with E-state index in [1.807, 2.05) is 23.1 Å². The number of likely N-dealkylation sites (tertiary alicyclic amines) is 1. The van der Waals surface area contributed by atoms with Gasteiger partial charge in [0.25, 0.3) is 5.91 Å². The molecule has 0 bridgehead atoms. The lowest BCUT2D eigenvalue weighted by molar-refractivity contribution is -0.134. The highest BCUT2D eigenvalue weighted by molar-refractivity contribution is 5.78. The van der Waals surface area contributed by atoms with Gasteiger partial charge in [0.15, 0.2) is 12.3 Å². The summed E-state index contributed by atoms with van der Waals surface area (Å²) < 4.78 is 5.91. The molecule has 0 unspecified atom stereocenters. The molecule has 0 radical (unpaired) electrons. The minimum absolute atomic E-state index is 0.0291. The first kappa shape index (κ1) is 19.4. The zero-order valence-electron chi connectivity index (χ0n) is 17.2. The summed E-state index contributed by atoms with van der Waals surface area (Å²) in [5, 5.41) is 7.33. The molecule has 152 valence electrons. The third kappa shape index (κ3) is 4.09. The highest BCUT2D eigenvalue weighted by atomic mass is 16.5. The standard InChI is InChI=1S/C22H27N5O2/c1-22(2,3)16-6-4-5-7-17(16)29-14-18(28)27-12-8-15(9-13-27)19-20-21(26-25-19)24-11-10-23-20/h4-7,10-11,15H,8-9,12-14H2,1-3H3,(H,24,25,26). The highest BCUT2D eigenvalue weighted by Gasteiger charge is 2.27. The molecule has 1 saturated heterocycles. The number of piperidine rings is 1. The van der Waals surface area contributed by atoms with Crippen molar-refractivity contribution in [1.29, 1.82) is 0 Å². The Morgan fingerprint density at radius 1 is 1.17 bits per heavy atom. The number of hydrogen-bond acceptors (Lipinski definition) is 5. The molecule has 29 heavy (non-hydrogen) atoms. The Balaban J connectivity index is 1.35. The summed E-state index contributed by atoms with van der Waals surface area (Å²) in [5.74, 6) is 1.12. The number of amides is 1. The van der Waals surface area contributed by atoms with E-state index in [9.17, 15) is 4.79 Å². The van der Waals surface area contributed by atoms with E-state index < -0.39 is 0 Å². The van der Waals surface area contributed by atoms with Gasteiger partial charge in [-0.1, -0.05) is 39.0 Å². The molecule has 1 amide bonds. The molecule has 1 aliphatic rings. The van der Waals surface area contributed by atoms with Crippen molar-refractivity contribution in [2.45, 2.75) is 44.9 Å². The maximum atomic E-state index is 12.7. The predicted molar refractivity (Wildman–Crippen MR) is 111 cm³/mol. The lowest BCUT2D eigenvalue weighted by atomic mass is 9.86. The molecule has 0 aliphatic carbocycles. The molecule has 1 N–H and O–H groups in total. The van der Waals surface area contributed by atoms with Gasteiger partial charge in [-0.3, -0.25) is 9.89 Å². The van der Waals surface area contributed by atoms with Crippen LogP contribution in [-0.2, 0) is 10.2 Å². The Hall–Kier alpha value is -2.96. The highest BCUT2D eigenvalue weighted by Crippen LogP contribution is 2.32. The van der Waals surface area contributed by atoms with Crippen LogP contribution < -0.4 is 4.74 Å². The molecule has 0 spiro atoms. The Morgan fingerprint density at radius 2 is 1.90 bits per heavy atom. The number of aromatic amines is 1. The lowest BCUT2D eigenvalue weighted by Crippen LogP contribution is -2.40. The van der Waals surface area contributed by atoms with E-state index in [4.69, 9.17) is 4.74 Å². The van der Waals surface area contributed by atoms with Crippen LogP contribution in [-0.4, -0.2) is 50.7 Å². The fourth-order valence-corrected chi connectivity index (χ4v) is 3.91. The number of carbonyl (C=O) groups excluding carboxylic acids is 1. The van der Waals surface area contributed by atoms with Crippen molar-refractivity contribution in [2.24, 2.45) is 0 Å². The normalized spacial score (nSPS) is 15.6. The summed E-state index contributed by atoms with van der Waals surface area (Å²) in [6.07, 6.45) is 5.08. The van der Waals surface area contributed by atoms with E-state index in [0.29, 0.717) is 24.7 Å². The van der Waals surface area contributed by atoms with E-state index in [0.717, 1.165) is 35.4 Å². The molecular formula is C22H27N5O2. The van der Waals surface area contributed by atoms with Gasteiger partial charge in [0.05, 0.1) is 5.69 Å². The third-order valence-electron chi connectivity index (χ3n) is 5.52. The number of nitrogens with one attached hydrogen (secondary N) is 1. The van der Waals surface area contributed by atoms with Crippen LogP contribution in [0, 0.1) is 0 Å². The molecule has 7 nitrogen and oxygen atoms in total. The third-order valence-corrected chi connectivity index (χ3v) is 5.52. The van der Waals surface area contributed by atoms with E-state index in [1.54, 1.807) is 12.4 Å². The molecule has 0 saturated carbocycles. The minimum Gasteiger partial charge on any atom is -0.483 e. The average Bonchev–Trinajstić information content (AvgIpc) is 3.16. The van der Waals surface area contributed by atoms with Crippen LogP contribution >= 0.6 is 0 Å². The first-order valence-corrected chi connectivity index (χ1v) is 10.1. The number of ether oxygens (including phenoxy) is 1. The molecule has 0 atom stereocenters. The Bertz CT molecular complexity index is 1000. The molecular weight excluding hydrogens is 366 g/mol. The number of H-pyrrole nitrogens is 1. The fourth-order valence-electron chi connectivity index (χ4n) is 3.91. The predicted octanol–water partition coefficient (Wildman–Crippen LogP) is 3.44. The van der Waals surface area contributed by atoms with Gasteiger partial charge in [0, 0.05) is 31.4 Å². The van der Waals surface area contributed by atoms with E-state index in [2.05, 4.69) is 47.0 Å². The van der Waals surface area contributed by atoms with Crippen molar-refractivity contribution < 1.29 is 9.53 Å². The number of carbonyl (C=O) groups is 1. The lowest BCUT2D eigenvalue weighted by Gasteiger charge is -2.31. The van der Waals surface area contributed by atoms with Crippen LogP contribution in [0.2, 0.25) is 0 Å².